The molecule has 4 nitrogen and oxygen atoms in total. The molecule has 0 saturated carbocycles. The normalized spacial score (nSPS) is 13.2. The van der Waals surface area contributed by atoms with Gasteiger partial charge in [0.1, 0.15) is 5.75 Å². The average molecular weight is 335 g/mol. The van der Waals surface area contributed by atoms with Crippen LogP contribution >= 0.6 is 0 Å². The molecule has 2 aromatic carbocycles. The summed E-state index contributed by atoms with van der Waals surface area (Å²) in [5.74, 6) is -0.262. The van der Waals surface area contributed by atoms with Gasteiger partial charge in [-0.25, -0.2) is 4.79 Å². The van der Waals surface area contributed by atoms with Crippen LogP contribution in [0.15, 0.2) is 42.5 Å². The van der Waals surface area contributed by atoms with E-state index in [0.717, 1.165) is 31.2 Å². The van der Waals surface area contributed by atoms with E-state index in [1.165, 1.54) is 27.9 Å². The minimum Gasteiger partial charge on any atom is -0.481 e. The highest BCUT2D eigenvalue weighted by molar-refractivity contribution is 5.92. The first-order valence-corrected chi connectivity index (χ1v) is 8.66. The Balaban J connectivity index is 1.86. The van der Waals surface area contributed by atoms with Crippen LogP contribution < -0.4 is 4.74 Å². The number of ether oxygens (including phenoxy) is 1. The van der Waals surface area contributed by atoms with Crippen molar-refractivity contribution in [1.82, 2.24) is 4.57 Å². The number of benzene rings is 2. The second-order valence-electron chi connectivity index (χ2n) is 6.67. The third kappa shape index (κ3) is 2.88. The Labute approximate surface area is 146 Å². The smallest absolute Gasteiger partial charge is 0.341 e. The Hall–Kier alpha value is -2.75. The van der Waals surface area contributed by atoms with Crippen molar-refractivity contribution in [3.8, 4) is 5.75 Å². The van der Waals surface area contributed by atoms with E-state index in [9.17, 15) is 4.79 Å². The van der Waals surface area contributed by atoms with E-state index in [1.54, 1.807) is 0 Å². The SMILES string of the molecule is Cc1cc2c(OCC(=O)O)cc3c(c2n1Cc1ccccc1)CCC3. The van der Waals surface area contributed by atoms with Gasteiger partial charge in [-0.05, 0) is 55.0 Å². The van der Waals surface area contributed by atoms with E-state index in [-0.39, 0.29) is 6.61 Å². The Morgan fingerprint density at radius 2 is 2.00 bits per heavy atom. The lowest BCUT2D eigenvalue weighted by molar-refractivity contribution is -0.139. The summed E-state index contributed by atoms with van der Waals surface area (Å²) < 4.78 is 7.95. The number of hydrogen-bond acceptors (Lipinski definition) is 2. The van der Waals surface area contributed by atoms with Gasteiger partial charge in [0.05, 0.1) is 5.52 Å². The third-order valence-corrected chi connectivity index (χ3v) is 4.96. The predicted octanol–water partition coefficient (Wildman–Crippen LogP) is 3.95. The van der Waals surface area contributed by atoms with Crippen LogP contribution in [0.1, 0.15) is 28.8 Å². The maximum atomic E-state index is 10.9. The van der Waals surface area contributed by atoms with Gasteiger partial charge in [0.15, 0.2) is 6.61 Å². The summed E-state index contributed by atoms with van der Waals surface area (Å²) >= 11 is 0. The number of fused-ring (bicyclic) bond motifs is 3. The molecule has 0 radical (unpaired) electrons. The van der Waals surface area contributed by atoms with Crippen LogP contribution in [-0.2, 0) is 24.2 Å². The quantitative estimate of drug-likeness (QED) is 0.768. The molecule has 0 unspecified atom stereocenters. The molecule has 1 heterocycles. The van der Waals surface area contributed by atoms with Gasteiger partial charge in [0.2, 0.25) is 0 Å². The standard InChI is InChI=1S/C21H21NO3/c1-14-10-18-19(25-13-20(23)24)11-16-8-5-9-17(16)21(18)22(14)12-15-6-3-2-4-7-15/h2-4,6-7,10-11H,5,8-9,12-13H2,1H3,(H,23,24). The Morgan fingerprint density at radius 1 is 1.20 bits per heavy atom. The van der Waals surface area contributed by atoms with Crippen LogP contribution in [0.3, 0.4) is 0 Å². The first-order chi connectivity index (χ1) is 12.1. The molecule has 0 saturated heterocycles. The molecule has 25 heavy (non-hydrogen) atoms. The molecule has 4 rings (SSSR count). The minimum atomic E-state index is -0.950. The fraction of sp³-hybridized carbons (Fsp3) is 0.286. The highest BCUT2D eigenvalue weighted by Crippen LogP contribution is 2.38. The molecule has 0 spiro atoms. The maximum absolute atomic E-state index is 10.9. The first kappa shape index (κ1) is 15.8. The van der Waals surface area contributed by atoms with Crippen LogP contribution in [0.4, 0.5) is 0 Å². The van der Waals surface area contributed by atoms with E-state index < -0.39 is 5.97 Å². The predicted molar refractivity (Wildman–Crippen MR) is 97.4 cm³/mol. The zero-order valence-electron chi connectivity index (χ0n) is 14.3. The molecule has 0 aliphatic heterocycles. The number of aromatic nitrogens is 1. The van der Waals surface area contributed by atoms with Crippen molar-refractivity contribution < 1.29 is 14.6 Å². The highest BCUT2D eigenvalue weighted by Gasteiger charge is 2.22. The zero-order valence-corrected chi connectivity index (χ0v) is 14.3. The molecule has 0 atom stereocenters. The van der Waals surface area contributed by atoms with Crippen LogP contribution in [0.5, 0.6) is 5.75 Å². The zero-order chi connectivity index (χ0) is 17.4. The fourth-order valence-corrected chi connectivity index (χ4v) is 3.85. The lowest BCUT2D eigenvalue weighted by Gasteiger charge is -2.14. The van der Waals surface area contributed by atoms with Gasteiger partial charge >= 0.3 is 5.97 Å². The second kappa shape index (κ2) is 6.28. The van der Waals surface area contributed by atoms with E-state index >= 15 is 0 Å². The van der Waals surface area contributed by atoms with Gasteiger partial charge in [-0.1, -0.05) is 30.3 Å². The first-order valence-electron chi connectivity index (χ1n) is 8.66. The van der Waals surface area contributed by atoms with Crippen LogP contribution in [-0.4, -0.2) is 22.2 Å². The van der Waals surface area contributed by atoms with Gasteiger partial charge < -0.3 is 14.4 Å². The molecule has 1 N–H and O–H groups in total. The van der Waals surface area contributed by atoms with Crippen LogP contribution in [0, 0.1) is 6.92 Å². The van der Waals surface area contributed by atoms with E-state index in [0.29, 0.717) is 5.75 Å². The van der Waals surface area contributed by atoms with E-state index in [1.807, 2.05) is 12.1 Å². The van der Waals surface area contributed by atoms with Crippen molar-refractivity contribution >= 4 is 16.9 Å². The minimum absolute atomic E-state index is 0.309. The molecule has 1 aromatic heterocycles. The molecule has 0 fully saturated rings. The molecule has 128 valence electrons. The van der Waals surface area contributed by atoms with Crippen molar-refractivity contribution in [1.29, 1.82) is 0 Å². The number of rotatable bonds is 5. The van der Waals surface area contributed by atoms with Gasteiger partial charge in [-0.15, -0.1) is 0 Å². The maximum Gasteiger partial charge on any atom is 0.341 e. The number of carboxylic acids is 1. The average Bonchev–Trinajstić information content (AvgIpc) is 3.18. The summed E-state index contributed by atoms with van der Waals surface area (Å²) in [6.45, 7) is 2.60. The van der Waals surface area contributed by atoms with Crippen molar-refractivity contribution in [2.45, 2.75) is 32.7 Å². The summed E-state index contributed by atoms with van der Waals surface area (Å²) in [4.78, 5) is 10.9. The largest absolute Gasteiger partial charge is 0.481 e. The van der Waals surface area contributed by atoms with Crippen molar-refractivity contribution in [2.75, 3.05) is 6.61 Å². The van der Waals surface area contributed by atoms with Crippen molar-refractivity contribution in [2.24, 2.45) is 0 Å². The Kier molecular flexibility index (Phi) is 3.96. The summed E-state index contributed by atoms with van der Waals surface area (Å²) in [6.07, 6.45) is 3.25. The number of carboxylic acid groups (broad SMARTS) is 1. The van der Waals surface area contributed by atoms with Gasteiger partial charge in [-0.3, -0.25) is 0 Å². The summed E-state index contributed by atoms with van der Waals surface area (Å²) in [7, 11) is 0. The summed E-state index contributed by atoms with van der Waals surface area (Å²) in [5.41, 5.74) is 6.31. The fourth-order valence-electron chi connectivity index (χ4n) is 3.85. The Bertz CT molecular complexity index is 941. The number of hydrogen-bond donors (Lipinski definition) is 1. The number of nitrogens with zero attached hydrogens (tertiary/aromatic N) is 1. The number of carbonyl (C=O) groups is 1. The van der Waals surface area contributed by atoms with Gasteiger partial charge in [0, 0.05) is 17.6 Å². The Morgan fingerprint density at radius 3 is 2.76 bits per heavy atom. The summed E-state index contributed by atoms with van der Waals surface area (Å²) in [5, 5.41) is 9.99. The topological polar surface area (TPSA) is 51.5 Å². The molecule has 0 bridgehead atoms. The van der Waals surface area contributed by atoms with Crippen LogP contribution in [0.2, 0.25) is 0 Å². The van der Waals surface area contributed by atoms with Gasteiger partial charge in [0.25, 0.3) is 0 Å². The van der Waals surface area contributed by atoms with Crippen molar-refractivity contribution in [3.63, 3.8) is 0 Å². The molecule has 4 heteroatoms. The number of aryl methyl sites for hydroxylation is 3. The highest BCUT2D eigenvalue weighted by atomic mass is 16.5. The van der Waals surface area contributed by atoms with E-state index in [2.05, 4.69) is 41.8 Å². The molecule has 3 aromatic rings. The number of aliphatic carboxylic acids is 1. The monoisotopic (exact) mass is 335 g/mol. The molecule has 0 amide bonds. The third-order valence-electron chi connectivity index (χ3n) is 4.96. The van der Waals surface area contributed by atoms with Gasteiger partial charge in [-0.2, -0.15) is 0 Å². The molecule has 1 aliphatic carbocycles. The van der Waals surface area contributed by atoms with Crippen LogP contribution in [0.25, 0.3) is 10.9 Å². The molecular weight excluding hydrogens is 314 g/mol. The van der Waals surface area contributed by atoms with E-state index in [4.69, 9.17) is 9.84 Å². The lowest BCUT2D eigenvalue weighted by atomic mass is 10.1. The summed E-state index contributed by atoms with van der Waals surface area (Å²) in [6, 6.07) is 14.6. The van der Waals surface area contributed by atoms with Crippen molar-refractivity contribution in [3.05, 3.63) is 64.8 Å². The molecular formula is C21H21NO3. The molecule has 1 aliphatic rings. The lowest BCUT2D eigenvalue weighted by Crippen LogP contribution is -2.10. The second-order valence-corrected chi connectivity index (χ2v) is 6.67.